The van der Waals surface area contributed by atoms with Crippen LogP contribution in [0.1, 0.15) is 36.3 Å². The minimum absolute atomic E-state index is 0.0285. The Morgan fingerprint density at radius 3 is 2.23 bits per heavy atom. The third-order valence-electron chi connectivity index (χ3n) is 5.38. The van der Waals surface area contributed by atoms with Crippen LogP contribution in [-0.2, 0) is 4.79 Å². The van der Waals surface area contributed by atoms with Gasteiger partial charge in [-0.3, -0.25) is 4.79 Å². The molecule has 1 atom stereocenters. The van der Waals surface area contributed by atoms with Gasteiger partial charge in [0.1, 0.15) is 6.10 Å². The van der Waals surface area contributed by atoms with Crippen LogP contribution in [0.2, 0.25) is 5.02 Å². The molecule has 0 radical (unpaired) electrons. The number of ether oxygens (including phenoxy) is 1. The summed E-state index contributed by atoms with van der Waals surface area (Å²) in [5.74, 6) is 0.166. The molecular weight excluding hydrogens is 398 g/mol. The average molecular weight is 422 g/mol. The maximum atomic E-state index is 13.2. The van der Waals surface area contributed by atoms with Crippen LogP contribution in [0.25, 0.3) is 0 Å². The van der Waals surface area contributed by atoms with Crippen molar-refractivity contribution >= 4 is 17.5 Å². The van der Waals surface area contributed by atoms with E-state index in [-0.39, 0.29) is 17.9 Å². The molecular formula is C24H24ClN3O2. The van der Waals surface area contributed by atoms with E-state index in [9.17, 15) is 4.79 Å². The second kappa shape index (κ2) is 9.72. The molecule has 2 heterocycles. The lowest BCUT2D eigenvalue weighted by Crippen LogP contribution is -2.44. The third kappa shape index (κ3) is 5.16. The van der Waals surface area contributed by atoms with Crippen molar-refractivity contribution < 1.29 is 9.53 Å². The van der Waals surface area contributed by atoms with Gasteiger partial charge in [-0.2, -0.15) is 0 Å². The topological polar surface area (TPSA) is 55.3 Å². The monoisotopic (exact) mass is 421 g/mol. The molecule has 5 nitrogen and oxygen atoms in total. The number of benzene rings is 2. The molecule has 154 valence electrons. The van der Waals surface area contributed by atoms with Crippen molar-refractivity contribution in [3.8, 4) is 6.01 Å². The van der Waals surface area contributed by atoms with E-state index in [0.717, 1.165) is 30.5 Å². The second-order valence-electron chi connectivity index (χ2n) is 7.48. The molecule has 2 aromatic carbocycles. The van der Waals surface area contributed by atoms with Gasteiger partial charge in [0.15, 0.2) is 0 Å². The number of aromatic nitrogens is 2. The van der Waals surface area contributed by atoms with Crippen LogP contribution in [0, 0.1) is 0 Å². The van der Waals surface area contributed by atoms with Gasteiger partial charge in [0.2, 0.25) is 5.91 Å². The molecule has 1 aromatic heterocycles. The van der Waals surface area contributed by atoms with Gasteiger partial charge in [0.25, 0.3) is 0 Å². The molecule has 0 unspecified atom stereocenters. The number of nitrogens with zero attached hydrogens (tertiary/aromatic N) is 3. The minimum atomic E-state index is -0.115. The molecule has 0 spiro atoms. The van der Waals surface area contributed by atoms with E-state index in [1.54, 1.807) is 0 Å². The van der Waals surface area contributed by atoms with E-state index in [1.807, 2.05) is 41.3 Å². The average Bonchev–Trinajstić information content (AvgIpc) is 2.80. The standard InChI is InChI=1S/C24H24ClN3O2/c25-20-15-26-24(27-16-20)30-21-12-7-13-28(17-21)23(29)14-22(18-8-3-1-4-9-18)19-10-5-2-6-11-19/h1-6,8-11,15-16,21-22H,7,12-14,17H2/t21-/m0/s1. The first-order valence-corrected chi connectivity index (χ1v) is 10.6. The fourth-order valence-electron chi connectivity index (χ4n) is 3.87. The number of rotatable bonds is 6. The van der Waals surface area contributed by atoms with Gasteiger partial charge in [-0.1, -0.05) is 72.3 Å². The summed E-state index contributed by atoms with van der Waals surface area (Å²) >= 11 is 5.84. The van der Waals surface area contributed by atoms with Crippen molar-refractivity contribution in [2.75, 3.05) is 13.1 Å². The molecule has 4 rings (SSSR count). The highest BCUT2D eigenvalue weighted by molar-refractivity contribution is 6.30. The van der Waals surface area contributed by atoms with Crippen molar-refractivity contribution in [1.82, 2.24) is 14.9 Å². The second-order valence-corrected chi connectivity index (χ2v) is 7.92. The Hall–Kier alpha value is -2.92. The highest BCUT2D eigenvalue weighted by atomic mass is 35.5. The molecule has 0 bridgehead atoms. The zero-order valence-electron chi connectivity index (χ0n) is 16.7. The van der Waals surface area contributed by atoms with Crippen LogP contribution in [0.5, 0.6) is 6.01 Å². The molecule has 1 aliphatic heterocycles. The Morgan fingerprint density at radius 2 is 1.63 bits per heavy atom. The third-order valence-corrected chi connectivity index (χ3v) is 5.58. The number of carbonyl (C=O) groups excluding carboxylic acids is 1. The van der Waals surface area contributed by atoms with Crippen LogP contribution in [0.15, 0.2) is 73.1 Å². The first-order valence-electron chi connectivity index (χ1n) is 10.2. The van der Waals surface area contributed by atoms with Gasteiger partial charge in [-0.05, 0) is 24.0 Å². The molecule has 0 saturated carbocycles. The van der Waals surface area contributed by atoms with E-state index in [1.165, 1.54) is 12.4 Å². The van der Waals surface area contributed by atoms with Crippen LogP contribution in [0.3, 0.4) is 0 Å². The van der Waals surface area contributed by atoms with Crippen LogP contribution < -0.4 is 4.74 Å². The summed E-state index contributed by atoms with van der Waals surface area (Å²) in [7, 11) is 0. The summed E-state index contributed by atoms with van der Waals surface area (Å²) in [4.78, 5) is 23.3. The summed E-state index contributed by atoms with van der Waals surface area (Å²) < 4.78 is 5.89. The zero-order chi connectivity index (χ0) is 20.8. The predicted molar refractivity (Wildman–Crippen MR) is 117 cm³/mol. The summed E-state index contributed by atoms with van der Waals surface area (Å²) in [5.41, 5.74) is 2.30. The zero-order valence-corrected chi connectivity index (χ0v) is 17.4. The SMILES string of the molecule is O=C(CC(c1ccccc1)c1ccccc1)N1CCC[C@H](Oc2ncc(Cl)cn2)C1. The van der Waals surface area contributed by atoms with Gasteiger partial charge in [-0.15, -0.1) is 0 Å². The number of carbonyl (C=O) groups is 1. The number of likely N-dealkylation sites (tertiary alicyclic amines) is 1. The lowest BCUT2D eigenvalue weighted by molar-refractivity contribution is -0.134. The van der Waals surface area contributed by atoms with Crippen molar-refractivity contribution in [3.63, 3.8) is 0 Å². The number of hydrogen-bond acceptors (Lipinski definition) is 4. The maximum absolute atomic E-state index is 13.2. The summed E-state index contributed by atoms with van der Waals surface area (Å²) in [5, 5.41) is 0.468. The van der Waals surface area contributed by atoms with Gasteiger partial charge < -0.3 is 9.64 Å². The lowest BCUT2D eigenvalue weighted by atomic mass is 9.88. The largest absolute Gasteiger partial charge is 0.458 e. The van der Waals surface area contributed by atoms with Crippen molar-refractivity contribution in [2.24, 2.45) is 0 Å². The van der Waals surface area contributed by atoms with Gasteiger partial charge in [-0.25, -0.2) is 9.97 Å². The highest BCUT2D eigenvalue weighted by Gasteiger charge is 2.28. The van der Waals surface area contributed by atoms with E-state index in [2.05, 4.69) is 34.2 Å². The first-order chi connectivity index (χ1) is 14.7. The van der Waals surface area contributed by atoms with E-state index < -0.39 is 0 Å². The van der Waals surface area contributed by atoms with Gasteiger partial charge in [0, 0.05) is 18.9 Å². The quantitative estimate of drug-likeness (QED) is 0.577. The Kier molecular flexibility index (Phi) is 6.60. The van der Waals surface area contributed by atoms with E-state index >= 15 is 0 Å². The van der Waals surface area contributed by atoms with Gasteiger partial charge >= 0.3 is 6.01 Å². The Labute approximate surface area is 181 Å². The van der Waals surface area contributed by atoms with Crippen LogP contribution in [-0.4, -0.2) is 40.0 Å². The molecule has 1 saturated heterocycles. The molecule has 1 aliphatic rings. The van der Waals surface area contributed by atoms with Crippen LogP contribution in [0.4, 0.5) is 0 Å². The van der Waals surface area contributed by atoms with Gasteiger partial charge in [0.05, 0.1) is 24.0 Å². The van der Waals surface area contributed by atoms with E-state index in [0.29, 0.717) is 24.0 Å². The highest BCUT2D eigenvalue weighted by Crippen LogP contribution is 2.29. The fraction of sp³-hybridized carbons (Fsp3) is 0.292. The molecule has 1 amide bonds. The minimum Gasteiger partial charge on any atom is -0.458 e. The molecule has 1 fully saturated rings. The number of hydrogen-bond donors (Lipinski definition) is 0. The molecule has 30 heavy (non-hydrogen) atoms. The lowest BCUT2D eigenvalue weighted by Gasteiger charge is -2.33. The Bertz CT molecular complexity index is 912. The molecule has 3 aromatic rings. The smallest absolute Gasteiger partial charge is 0.316 e. The summed E-state index contributed by atoms with van der Waals surface area (Å²) in [6.07, 6.45) is 5.11. The van der Waals surface area contributed by atoms with E-state index in [4.69, 9.17) is 16.3 Å². The predicted octanol–water partition coefficient (Wildman–Crippen LogP) is 4.72. The Balaban J connectivity index is 1.45. The van der Waals surface area contributed by atoms with Crippen LogP contribution >= 0.6 is 11.6 Å². The summed E-state index contributed by atoms with van der Waals surface area (Å²) in [6, 6.07) is 20.7. The fourth-order valence-corrected chi connectivity index (χ4v) is 3.97. The normalized spacial score (nSPS) is 16.5. The van der Waals surface area contributed by atoms with Crippen molar-refractivity contribution in [3.05, 3.63) is 89.2 Å². The number of halogens is 1. The Morgan fingerprint density at radius 1 is 1.03 bits per heavy atom. The molecule has 6 heteroatoms. The molecule has 0 N–H and O–H groups in total. The first kappa shape index (κ1) is 20.4. The molecule has 0 aliphatic carbocycles. The summed E-state index contributed by atoms with van der Waals surface area (Å²) in [6.45, 7) is 1.29. The number of piperidine rings is 1. The number of amides is 1. The van der Waals surface area contributed by atoms with Crippen molar-refractivity contribution in [1.29, 1.82) is 0 Å². The maximum Gasteiger partial charge on any atom is 0.316 e. The van der Waals surface area contributed by atoms with Crippen molar-refractivity contribution in [2.45, 2.75) is 31.3 Å².